The monoisotopic (exact) mass is 222 g/mol. The average molecular weight is 222 g/mol. The van der Waals surface area contributed by atoms with Crippen molar-refractivity contribution in [2.75, 3.05) is 5.73 Å². The van der Waals surface area contributed by atoms with Crippen molar-refractivity contribution in [1.82, 2.24) is 4.98 Å². The third-order valence-electron chi connectivity index (χ3n) is 2.83. The molecule has 0 amide bonds. The third-order valence-corrected chi connectivity index (χ3v) is 2.83. The Hall–Kier alpha value is -1.09. The number of nitrogens with two attached hydrogens (primary N) is 1. The fourth-order valence-electron chi connectivity index (χ4n) is 1.79. The quantitative estimate of drug-likeness (QED) is 0.697. The van der Waals surface area contributed by atoms with Crippen LogP contribution in [0, 0.1) is 0 Å². The van der Waals surface area contributed by atoms with Crippen molar-refractivity contribution in [3.63, 3.8) is 0 Å². The Morgan fingerprint density at radius 2 is 2.06 bits per heavy atom. The van der Waals surface area contributed by atoms with E-state index in [-0.39, 0.29) is 0 Å². The van der Waals surface area contributed by atoms with Crippen LogP contribution >= 0.6 is 0 Å². The van der Waals surface area contributed by atoms with Gasteiger partial charge in [-0.3, -0.25) is 4.98 Å². The highest BCUT2D eigenvalue weighted by molar-refractivity contribution is 5.45. The van der Waals surface area contributed by atoms with Crippen LogP contribution in [-0.2, 0) is 0 Å². The molecule has 90 valence electrons. The summed E-state index contributed by atoms with van der Waals surface area (Å²) in [6.07, 6.45) is 9.64. The summed E-state index contributed by atoms with van der Waals surface area (Å²) >= 11 is 0. The minimum atomic E-state index is -0.463. The first-order valence-corrected chi connectivity index (χ1v) is 6.13. The number of hydrogen-bond donors (Lipinski definition) is 2. The lowest BCUT2D eigenvalue weighted by Gasteiger charge is -2.12. The fraction of sp³-hybridized carbons (Fsp3) is 0.615. The van der Waals surface area contributed by atoms with Crippen molar-refractivity contribution < 1.29 is 5.11 Å². The molecule has 0 aliphatic carbocycles. The van der Waals surface area contributed by atoms with E-state index in [2.05, 4.69) is 11.9 Å². The molecule has 1 aromatic rings. The Labute approximate surface area is 97.7 Å². The van der Waals surface area contributed by atoms with E-state index in [0.29, 0.717) is 5.69 Å². The molecule has 0 bridgehead atoms. The number of pyridine rings is 1. The van der Waals surface area contributed by atoms with Crippen LogP contribution in [0.2, 0.25) is 0 Å². The first-order valence-electron chi connectivity index (χ1n) is 6.13. The van der Waals surface area contributed by atoms with E-state index in [1.54, 1.807) is 18.5 Å². The molecule has 1 rings (SSSR count). The molecule has 0 spiro atoms. The Balaban J connectivity index is 2.30. The summed E-state index contributed by atoms with van der Waals surface area (Å²) in [6, 6.07) is 1.73. The van der Waals surface area contributed by atoms with E-state index in [1.807, 2.05) is 0 Å². The van der Waals surface area contributed by atoms with Gasteiger partial charge < -0.3 is 10.8 Å². The summed E-state index contributed by atoms with van der Waals surface area (Å²) in [5.74, 6) is 0. The summed E-state index contributed by atoms with van der Waals surface area (Å²) in [5.41, 5.74) is 7.17. The van der Waals surface area contributed by atoms with E-state index in [1.165, 1.54) is 25.7 Å². The highest BCUT2D eigenvalue weighted by Crippen LogP contribution is 2.23. The van der Waals surface area contributed by atoms with Gasteiger partial charge in [-0.15, -0.1) is 0 Å². The summed E-state index contributed by atoms with van der Waals surface area (Å²) in [7, 11) is 0. The molecule has 3 nitrogen and oxygen atoms in total. The normalized spacial score (nSPS) is 12.6. The molecule has 3 heteroatoms. The van der Waals surface area contributed by atoms with Gasteiger partial charge in [-0.1, -0.05) is 39.0 Å². The number of anilines is 1. The zero-order valence-electron chi connectivity index (χ0n) is 10.0. The molecule has 0 aromatic carbocycles. The SMILES string of the molecule is CCCCCCCC(O)c1cnccc1N. The number of aliphatic hydroxyl groups excluding tert-OH is 1. The molecule has 16 heavy (non-hydrogen) atoms. The molecule has 1 atom stereocenters. The molecule has 0 saturated heterocycles. The maximum Gasteiger partial charge on any atom is 0.0825 e. The Morgan fingerprint density at radius 3 is 2.75 bits per heavy atom. The summed E-state index contributed by atoms with van der Waals surface area (Å²) < 4.78 is 0. The molecule has 1 unspecified atom stereocenters. The molecule has 0 radical (unpaired) electrons. The number of unbranched alkanes of at least 4 members (excludes halogenated alkanes) is 4. The van der Waals surface area contributed by atoms with Crippen molar-refractivity contribution in [3.8, 4) is 0 Å². The summed E-state index contributed by atoms with van der Waals surface area (Å²) in [6.45, 7) is 2.20. The lowest BCUT2D eigenvalue weighted by molar-refractivity contribution is 0.163. The lowest BCUT2D eigenvalue weighted by atomic mass is 10.0. The first kappa shape index (κ1) is 13.0. The molecule has 1 aromatic heterocycles. The highest BCUT2D eigenvalue weighted by atomic mass is 16.3. The number of rotatable bonds is 7. The molecular formula is C13H22N2O. The highest BCUT2D eigenvalue weighted by Gasteiger charge is 2.10. The molecule has 3 N–H and O–H groups in total. The van der Waals surface area contributed by atoms with Gasteiger partial charge in [-0.25, -0.2) is 0 Å². The van der Waals surface area contributed by atoms with Gasteiger partial charge in [-0.2, -0.15) is 0 Å². The van der Waals surface area contributed by atoms with E-state index in [9.17, 15) is 5.11 Å². The zero-order valence-corrected chi connectivity index (χ0v) is 10.0. The number of nitrogens with zero attached hydrogens (tertiary/aromatic N) is 1. The zero-order chi connectivity index (χ0) is 11.8. The van der Waals surface area contributed by atoms with Gasteiger partial charge in [0.1, 0.15) is 0 Å². The van der Waals surface area contributed by atoms with Gasteiger partial charge in [0.15, 0.2) is 0 Å². The van der Waals surface area contributed by atoms with Gasteiger partial charge in [-0.05, 0) is 12.5 Å². The van der Waals surface area contributed by atoms with Crippen LogP contribution in [0.3, 0.4) is 0 Å². The third kappa shape index (κ3) is 4.19. The first-order chi connectivity index (χ1) is 7.75. The Kier molecular flexibility index (Phi) is 5.86. The number of aromatic nitrogens is 1. The fourth-order valence-corrected chi connectivity index (χ4v) is 1.79. The molecule has 0 saturated carbocycles. The van der Waals surface area contributed by atoms with E-state index in [4.69, 9.17) is 5.73 Å². The van der Waals surface area contributed by atoms with Crippen molar-refractivity contribution in [2.24, 2.45) is 0 Å². The summed E-state index contributed by atoms with van der Waals surface area (Å²) in [4.78, 5) is 3.98. The minimum Gasteiger partial charge on any atom is -0.398 e. The van der Waals surface area contributed by atoms with Gasteiger partial charge in [0, 0.05) is 23.6 Å². The van der Waals surface area contributed by atoms with E-state index in [0.717, 1.165) is 18.4 Å². The maximum atomic E-state index is 9.94. The van der Waals surface area contributed by atoms with Gasteiger partial charge in [0.25, 0.3) is 0 Å². The molecule has 0 fully saturated rings. The number of aliphatic hydroxyl groups is 1. The molecule has 0 aliphatic rings. The van der Waals surface area contributed by atoms with Gasteiger partial charge >= 0.3 is 0 Å². The summed E-state index contributed by atoms with van der Waals surface area (Å²) in [5, 5.41) is 9.94. The van der Waals surface area contributed by atoms with Crippen LogP contribution in [0.15, 0.2) is 18.5 Å². The van der Waals surface area contributed by atoms with Crippen molar-refractivity contribution in [2.45, 2.75) is 51.6 Å². The number of nitrogen functional groups attached to an aromatic ring is 1. The van der Waals surface area contributed by atoms with E-state index < -0.39 is 6.10 Å². The average Bonchev–Trinajstić information content (AvgIpc) is 2.29. The second-order valence-corrected chi connectivity index (χ2v) is 4.22. The maximum absolute atomic E-state index is 9.94. The van der Waals surface area contributed by atoms with Crippen molar-refractivity contribution in [3.05, 3.63) is 24.0 Å². The van der Waals surface area contributed by atoms with Crippen LogP contribution < -0.4 is 5.73 Å². The molecular weight excluding hydrogens is 200 g/mol. The smallest absolute Gasteiger partial charge is 0.0825 e. The lowest BCUT2D eigenvalue weighted by Crippen LogP contribution is -2.02. The predicted octanol–water partition coefficient (Wildman–Crippen LogP) is 3.06. The van der Waals surface area contributed by atoms with Crippen LogP contribution in [0.25, 0.3) is 0 Å². The second kappa shape index (κ2) is 7.23. The van der Waals surface area contributed by atoms with Crippen LogP contribution in [0.5, 0.6) is 0 Å². The van der Waals surface area contributed by atoms with Crippen molar-refractivity contribution >= 4 is 5.69 Å². The van der Waals surface area contributed by atoms with E-state index >= 15 is 0 Å². The van der Waals surface area contributed by atoms with Crippen molar-refractivity contribution in [1.29, 1.82) is 0 Å². The predicted molar refractivity (Wildman–Crippen MR) is 67.0 cm³/mol. The van der Waals surface area contributed by atoms with Gasteiger partial charge in [0.2, 0.25) is 0 Å². The molecule has 1 heterocycles. The topological polar surface area (TPSA) is 59.1 Å². The van der Waals surface area contributed by atoms with Gasteiger partial charge in [0.05, 0.1) is 6.10 Å². The minimum absolute atomic E-state index is 0.463. The Bertz CT molecular complexity index is 302. The molecule has 0 aliphatic heterocycles. The largest absolute Gasteiger partial charge is 0.398 e. The van der Waals surface area contributed by atoms with Crippen LogP contribution in [0.4, 0.5) is 5.69 Å². The Morgan fingerprint density at radius 1 is 1.31 bits per heavy atom. The van der Waals surface area contributed by atoms with Crippen LogP contribution in [-0.4, -0.2) is 10.1 Å². The second-order valence-electron chi connectivity index (χ2n) is 4.22. The van der Waals surface area contributed by atoms with Crippen LogP contribution in [0.1, 0.15) is 57.1 Å². The standard InChI is InChI=1S/C13H22N2O/c1-2-3-4-5-6-7-13(16)11-10-15-9-8-12(11)14/h8-10,13,16H,2-7H2,1H3,(H2,14,15). The number of hydrogen-bond acceptors (Lipinski definition) is 3.